The molecule has 1 heterocycles. The molecule has 0 amide bonds. The van der Waals surface area contributed by atoms with Crippen molar-refractivity contribution in [3.63, 3.8) is 0 Å². The summed E-state index contributed by atoms with van der Waals surface area (Å²) in [5.74, 6) is 0.901. The van der Waals surface area contributed by atoms with Crippen LogP contribution in [0, 0.1) is 11.3 Å². The molecule has 0 aromatic rings. The van der Waals surface area contributed by atoms with E-state index in [0.717, 1.165) is 18.0 Å². The zero-order valence-corrected chi connectivity index (χ0v) is 12.1. The smallest absolute Gasteiger partial charge is 0.0252 e. The number of likely N-dealkylation sites (N-methyl/N-ethyl adjacent to an activating group) is 1. The normalized spacial score (nSPS) is 36.4. The second kappa shape index (κ2) is 5.27. The van der Waals surface area contributed by atoms with Crippen LogP contribution < -0.4 is 5.32 Å². The van der Waals surface area contributed by atoms with Gasteiger partial charge in [0.25, 0.3) is 0 Å². The Morgan fingerprint density at radius 1 is 1.06 bits per heavy atom. The van der Waals surface area contributed by atoms with E-state index in [9.17, 15) is 0 Å². The molecule has 2 nitrogen and oxygen atoms in total. The molecule has 2 rings (SSSR count). The molecule has 0 spiro atoms. The first kappa shape index (κ1) is 13.4. The number of nitrogens with one attached hydrogen (secondary N) is 1. The van der Waals surface area contributed by atoms with Crippen LogP contribution in [0.15, 0.2) is 0 Å². The number of likely N-dealkylation sites (tertiary alicyclic amines) is 1. The Balaban J connectivity index is 2.03. The summed E-state index contributed by atoms with van der Waals surface area (Å²) in [6.45, 7) is 9.91. The molecule has 3 unspecified atom stereocenters. The minimum absolute atomic E-state index is 0.483. The molecule has 1 N–H and O–H groups in total. The fourth-order valence-corrected chi connectivity index (χ4v) is 3.75. The molecule has 3 atom stereocenters. The quantitative estimate of drug-likeness (QED) is 0.796. The Morgan fingerprint density at radius 2 is 1.71 bits per heavy atom. The lowest BCUT2D eigenvalue weighted by molar-refractivity contribution is 0.0738. The third kappa shape index (κ3) is 3.03. The summed E-state index contributed by atoms with van der Waals surface area (Å²) in [4.78, 5) is 2.75. The summed E-state index contributed by atoms with van der Waals surface area (Å²) < 4.78 is 0. The molecule has 2 aliphatic rings. The van der Waals surface area contributed by atoms with Crippen molar-refractivity contribution < 1.29 is 0 Å². The van der Waals surface area contributed by atoms with Gasteiger partial charge >= 0.3 is 0 Å². The molecule has 1 saturated heterocycles. The van der Waals surface area contributed by atoms with Gasteiger partial charge in [-0.2, -0.15) is 0 Å². The van der Waals surface area contributed by atoms with Gasteiger partial charge < -0.3 is 5.32 Å². The molecule has 0 aromatic heterocycles. The van der Waals surface area contributed by atoms with Crippen molar-refractivity contribution in [2.24, 2.45) is 11.3 Å². The van der Waals surface area contributed by atoms with Crippen LogP contribution in [0.2, 0.25) is 0 Å². The molecule has 2 heteroatoms. The fourth-order valence-electron chi connectivity index (χ4n) is 3.75. The number of rotatable bonds is 2. The van der Waals surface area contributed by atoms with Crippen molar-refractivity contribution in [3.8, 4) is 0 Å². The Morgan fingerprint density at radius 3 is 2.24 bits per heavy atom. The van der Waals surface area contributed by atoms with Gasteiger partial charge in [0.05, 0.1) is 0 Å². The summed E-state index contributed by atoms with van der Waals surface area (Å²) >= 11 is 0. The van der Waals surface area contributed by atoms with Crippen LogP contribution in [0.3, 0.4) is 0 Å². The van der Waals surface area contributed by atoms with Crippen molar-refractivity contribution in [1.82, 2.24) is 10.2 Å². The third-order valence-electron chi connectivity index (χ3n) is 5.02. The van der Waals surface area contributed by atoms with Crippen LogP contribution in [0.5, 0.6) is 0 Å². The van der Waals surface area contributed by atoms with E-state index in [1.54, 1.807) is 0 Å². The predicted octanol–water partition coefficient (Wildman–Crippen LogP) is 2.89. The molecule has 1 saturated carbocycles. The minimum Gasteiger partial charge on any atom is -0.315 e. The lowest BCUT2D eigenvalue weighted by Gasteiger charge is -2.45. The highest BCUT2D eigenvalue weighted by Crippen LogP contribution is 2.39. The van der Waals surface area contributed by atoms with E-state index < -0.39 is 0 Å². The molecule has 1 aliphatic heterocycles. The van der Waals surface area contributed by atoms with Crippen LogP contribution in [-0.2, 0) is 0 Å². The topological polar surface area (TPSA) is 15.3 Å². The molecule has 2 fully saturated rings. The largest absolute Gasteiger partial charge is 0.315 e. The van der Waals surface area contributed by atoms with Crippen LogP contribution in [0.4, 0.5) is 0 Å². The maximum absolute atomic E-state index is 3.56. The highest BCUT2D eigenvalue weighted by molar-refractivity contribution is 4.94. The van der Waals surface area contributed by atoms with E-state index in [1.807, 2.05) is 0 Å². The van der Waals surface area contributed by atoms with E-state index in [1.165, 1.54) is 45.2 Å². The summed E-state index contributed by atoms with van der Waals surface area (Å²) in [5.41, 5.74) is 0.483. The van der Waals surface area contributed by atoms with Crippen molar-refractivity contribution in [3.05, 3.63) is 0 Å². The van der Waals surface area contributed by atoms with Gasteiger partial charge in [-0.25, -0.2) is 0 Å². The van der Waals surface area contributed by atoms with Crippen molar-refractivity contribution in [1.29, 1.82) is 0 Å². The lowest BCUT2D eigenvalue weighted by Crippen LogP contribution is -2.52. The second-order valence-electron chi connectivity index (χ2n) is 7.08. The van der Waals surface area contributed by atoms with Gasteiger partial charge in [0, 0.05) is 12.1 Å². The third-order valence-corrected chi connectivity index (χ3v) is 5.02. The Bertz CT molecular complexity index is 236. The van der Waals surface area contributed by atoms with Gasteiger partial charge in [0.1, 0.15) is 0 Å². The molecular weight excluding hydrogens is 208 g/mol. The average Bonchev–Trinajstić information content (AvgIpc) is 2.80. The van der Waals surface area contributed by atoms with Gasteiger partial charge in [-0.3, -0.25) is 4.90 Å². The van der Waals surface area contributed by atoms with Gasteiger partial charge in [0.2, 0.25) is 0 Å². The molecule has 0 bridgehead atoms. The lowest BCUT2D eigenvalue weighted by atomic mass is 9.69. The predicted molar refractivity (Wildman–Crippen MR) is 74.2 cm³/mol. The Kier molecular flexibility index (Phi) is 4.14. The first-order valence-electron chi connectivity index (χ1n) is 7.43. The first-order valence-corrected chi connectivity index (χ1v) is 7.43. The minimum atomic E-state index is 0.483. The van der Waals surface area contributed by atoms with Crippen LogP contribution in [-0.4, -0.2) is 37.1 Å². The summed E-state index contributed by atoms with van der Waals surface area (Å²) in [6, 6.07) is 1.52. The van der Waals surface area contributed by atoms with Gasteiger partial charge in [0.15, 0.2) is 0 Å². The van der Waals surface area contributed by atoms with E-state index in [4.69, 9.17) is 0 Å². The zero-order valence-electron chi connectivity index (χ0n) is 12.1. The van der Waals surface area contributed by atoms with Crippen molar-refractivity contribution >= 4 is 0 Å². The molecule has 100 valence electrons. The molecule has 1 aliphatic carbocycles. The molecular formula is C15H30N2. The van der Waals surface area contributed by atoms with E-state index in [0.29, 0.717) is 5.41 Å². The Labute approximate surface area is 107 Å². The molecule has 0 radical (unpaired) electrons. The summed E-state index contributed by atoms with van der Waals surface area (Å²) in [7, 11) is 2.14. The van der Waals surface area contributed by atoms with Crippen LogP contribution in [0.1, 0.15) is 52.9 Å². The number of nitrogens with zero attached hydrogens (tertiary/aromatic N) is 1. The fraction of sp³-hybridized carbons (Fsp3) is 1.00. The standard InChI is InChI=1S/C15H30N2/c1-15(2,3)12-7-8-13(16-4)14(11-12)17-9-5-6-10-17/h12-14,16H,5-11H2,1-4H3. The van der Waals surface area contributed by atoms with Crippen molar-refractivity contribution in [2.75, 3.05) is 20.1 Å². The van der Waals surface area contributed by atoms with Crippen LogP contribution >= 0.6 is 0 Å². The second-order valence-corrected chi connectivity index (χ2v) is 7.08. The average molecular weight is 238 g/mol. The zero-order chi connectivity index (χ0) is 12.5. The maximum atomic E-state index is 3.56. The molecule has 17 heavy (non-hydrogen) atoms. The van der Waals surface area contributed by atoms with E-state index in [2.05, 4.69) is 38.0 Å². The Hall–Kier alpha value is -0.0800. The summed E-state index contributed by atoms with van der Waals surface area (Å²) in [5, 5.41) is 3.56. The SMILES string of the molecule is CNC1CCC(C(C)(C)C)CC1N1CCCC1. The van der Waals surface area contributed by atoms with Gasteiger partial charge in [-0.1, -0.05) is 20.8 Å². The van der Waals surface area contributed by atoms with Crippen molar-refractivity contribution in [2.45, 2.75) is 65.0 Å². The van der Waals surface area contributed by atoms with E-state index >= 15 is 0 Å². The highest BCUT2D eigenvalue weighted by Gasteiger charge is 2.38. The molecule has 0 aromatic carbocycles. The van der Waals surface area contributed by atoms with E-state index in [-0.39, 0.29) is 0 Å². The monoisotopic (exact) mass is 238 g/mol. The first-order chi connectivity index (χ1) is 8.02. The van der Waals surface area contributed by atoms with Gasteiger partial charge in [-0.05, 0) is 63.6 Å². The number of hydrogen-bond acceptors (Lipinski definition) is 2. The maximum Gasteiger partial charge on any atom is 0.0252 e. The number of hydrogen-bond donors (Lipinski definition) is 1. The highest BCUT2D eigenvalue weighted by atomic mass is 15.2. The summed E-state index contributed by atoms with van der Waals surface area (Å²) in [6.07, 6.45) is 6.98. The van der Waals surface area contributed by atoms with Gasteiger partial charge in [-0.15, -0.1) is 0 Å². The van der Waals surface area contributed by atoms with Crippen LogP contribution in [0.25, 0.3) is 0 Å².